The Morgan fingerprint density at radius 3 is 2.68 bits per heavy atom. The highest BCUT2D eigenvalue weighted by Crippen LogP contribution is 2.35. The summed E-state index contributed by atoms with van der Waals surface area (Å²) in [5.41, 5.74) is 0.684. The van der Waals surface area contributed by atoms with Crippen molar-refractivity contribution in [2.75, 3.05) is 7.11 Å². The molecule has 8 nitrogen and oxygen atoms in total. The second-order valence-electron chi connectivity index (χ2n) is 6.02. The van der Waals surface area contributed by atoms with Crippen molar-refractivity contribution >= 4 is 11.9 Å². The van der Waals surface area contributed by atoms with Crippen molar-refractivity contribution in [2.24, 2.45) is 11.8 Å². The Morgan fingerprint density at radius 2 is 2.04 bits per heavy atom. The van der Waals surface area contributed by atoms with E-state index in [4.69, 9.17) is 14.4 Å². The second kappa shape index (κ2) is 6.92. The molecule has 0 bridgehead atoms. The number of methoxy groups -OCH3 is 1. The van der Waals surface area contributed by atoms with Crippen LogP contribution >= 0.6 is 0 Å². The molecule has 0 spiro atoms. The van der Waals surface area contributed by atoms with E-state index in [0.29, 0.717) is 30.0 Å². The number of benzene rings is 1. The van der Waals surface area contributed by atoms with E-state index < -0.39 is 23.8 Å². The first kappa shape index (κ1) is 16.9. The minimum absolute atomic E-state index is 0.250. The van der Waals surface area contributed by atoms with Gasteiger partial charge in [0.25, 0.3) is 0 Å². The number of ether oxygens (including phenoxy) is 1. The second-order valence-corrected chi connectivity index (χ2v) is 6.02. The Morgan fingerprint density at radius 1 is 1.32 bits per heavy atom. The van der Waals surface area contributed by atoms with Gasteiger partial charge in [-0.05, 0) is 31.9 Å². The molecule has 1 amide bonds. The summed E-state index contributed by atoms with van der Waals surface area (Å²) in [5.74, 6) is -1.12. The third kappa shape index (κ3) is 3.33. The van der Waals surface area contributed by atoms with Gasteiger partial charge >= 0.3 is 5.97 Å². The third-order valence-electron chi connectivity index (χ3n) is 4.45. The average molecular weight is 345 g/mol. The number of carboxylic acid groups (broad SMARTS) is 1. The Balaban J connectivity index is 1.70. The van der Waals surface area contributed by atoms with Gasteiger partial charge in [-0.15, -0.1) is 0 Å². The molecule has 3 unspecified atom stereocenters. The molecule has 1 aliphatic carbocycles. The maximum atomic E-state index is 12.2. The lowest BCUT2D eigenvalue weighted by atomic mass is 9.73. The van der Waals surface area contributed by atoms with Gasteiger partial charge in [0.15, 0.2) is 0 Å². The van der Waals surface area contributed by atoms with E-state index in [2.05, 4.69) is 15.5 Å². The van der Waals surface area contributed by atoms with Crippen molar-refractivity contribution in [2.45, 2.75) is 25.8 Å². The number of aliphatic carboxylic acids is 1. The summed E-state index contributed by atoms with van der Waals surface area (Å²) in [6.07, 6.45) is 1.10. The van der Waals surface area contributed by atoms with Gasteiger partial charge in [0, 0.05) is 0 Å². The van der Waals surface area contributed by atoms with Gasteiger partial charge in [-0.3, -0.25) is 9.59 Å². The molecule has 3 atom stereocenters. The molecule has 1 aliphatic rings. The molecule has 0 radical (unpaired) electrons. The van der Waals surface area contributed by atoms with Crippen molar-refractivity contribution in [3.8, 4) is 17.1 Å². The number of rotatable bonds is 6. The van der Waals surface area contributed by atoms with Crippen molar-refractivity contribution in [3.05, 3.63) is 30.2 Å². The molecule has 2 N–H and O–H groups in total. The van der Waals surface area contributed by atoms with Gasteiger partial charge in [0.1, 0.15) is 11.8 Å². The van der Waals surface area contributed by atoms with Gasteiger partial charge in [0.05, 0.1) is 24.5 Å². The number of carboxylic acids is 1. The first-order valence-corrected chi connectivity index (χ1v) is 8.01. The van der Waals surface area contributed by atoms with E-state index in [9.17, 15) is 9.59 Å². The number of hydrogen-bond acceptors (Lipinski definition) is 6. The van der Waals surface area contributed by atoms with Crippen LogP contribution < -0.4 is 10.1 Å². The first-order valence-electron chi connectivity index (χ1n) is 8.01. The lowest BCUT2D eigenvalue weighted by Crippen LogP contribution is -2.44. The molecule has 1 aromatic carbocycles. The summed E-state index contributed by atoms with van der Waals surface area (Å²) in [6.45, 7) is 1.71. The standard InChI is InChI=1S/C17H19N3O5/c1-9(18-15(21)10-7-8-11(10)17(22)23)16-19-14(20-25-16)12-5-3-4-6-13(12)24-2/h3-6,9-11H,7-8H2,1-2H3,(H,18,21)(H,22,23). The third-order valence-corrected chi connectivity index (χ3v) is 4.45. The number of carbonyl (C=O) groups excluding carboxylic acids is 1. The van der Waals surface area contributed by atoms with Crippen molar-refractivity contribution < 1.29 is 24.0 Å². The zero-order valence-electron chi connectivity index (χ0n) is 13.9. The summed E-state index contributed by atoms with van der Waals surface area (Å²) < 4.78 is 10.5. The number of nitrogens with zero attached hydrogens (tertiary/aromatic N) is 2. The summed E-state index contributed by atoms with van der Waals surface area (Å²) in [4.78, 5) is 27.6. The number of aromatic nitrogens is 2. The molecule has 1 aromatic heterocycles. The van der Waals surface area contributed by atoms with Crippen LogP contribution in [0.15, 0.2) is 28.8 Å². The van der Waals surface area contributed by atoms with Gasteiger partial charge in [-0.2, -0.15) is 4.98 Å². The zero-order chi connectivity index (χ0) is 18.0. The Bertz CT molecular complexity index is 788. The predicted molar refractivity (Wildman–Crippen MR) is 86.7 cm³/mol. The topological polar surface area (TPSA) is 115 Å². The summed E-state index contributed by atoms with van der Waals surface area (Å²) in [6, 6.07) is 6.76. The summed E-state index contributed by atoms with van der Waals surface area (Å²) in [7, 11) is 1.56. The van der Waals surface area contributed by atoms with Crippen LogP contribution in [-0.2, 0) is 9.59 Å². The Labute approximate surface area is 144 Å². The molecule has 3 rings (SSSR count). The molecule has 132 valence electrons. The lowest BCUT2D eigenvalue weighted by molar-refractivity contribution is -0.153. The van der Waals surface area contributed by atoms with Gasteiger partial charge in [-0.1, -0.05) is 17.3 Å². The lowest BCUT2D eigenvalue weighted by Gasteiger charge is -2.32. The molecule has 1 saturated carbocycles. The van der Waals surface area contributed by atoms with E-state index in [1.807, 2.05) is 18.2 Å². The number of para-hydroxylation sites is 1. The van der Waals surface area contributed by atoms with E-state index in [1.54, 1.807) is 20.1 Å². The number of carbonyl (C=O) groups is 2. The normalized spacial score (nSPS) is 20.4. The maximum Gasteiger partial charge on any atom is 0.307 e. The monoisotopic (exact) mass is 345 g/mol. The minimum Gasteiger partial charge on any atom is -0.496 e. The quantitative estimate of drug-likeness (QED) is 0.823. The maximum absolute atomic E-state index is 12.2. The first-order chi connectivity index (χ1) is 12.0. The molecule has 1 heterocycles. The minimum atomic E-state index is -0.935. The van der Waals surface area contributed by atoms with Gasteiger partial charge in [-0.25, -0.2) is 0 Å². The van der Waals surface area contributed by atoms with Crippen LogP contribution in [0.1, 0.15) is 31.7 Å². The number of nitrogens with one attached hydrogen (secondary N) is 1. The van der Waals surface area contributed by atoms with Crippen LogP contribution in [0.25, 0.3) is 11.4 Å². The van der Waals surface area contributed by atoms with E-state index in [1.165, 1.54) is 0 Å². The Kier molecular flexibility index (Phi) is 4.69. The molecule has 2 aromatic rings. The highest BCUT2D eigenvalue weighted by molar-refractivity contribution is 5.86. The molecular weight excluding hydrogens is 326 g/mol. The number of amides is 1. The number of hydrogen-bond donors (Lipinski definition) is 2. The molecule has 1 fully saturated rings. The SMILES string of the molecule is COc1ccccc1-c1noc(C(C)NC(=O)C2CCC2C(=O)O)n1. The predicted octanol–water partition coefficient (Wildman–Crippen LogP) is 2.03. The van der Waals surface area contributed by atoms with Gasteiger partial charge in [0.2, 0.25) is 17.6 Å². The van der Waals surface area contributed by atoms with Crippen LogP contribution in [0.2, 0.25) is 0 Å². The van der Waals surface area contributed by atoms with Crippen molar-refractivity contribution in [1.29, 1.82) is 0 Å². The molecule has 8 heteroatoms. The van der Waals surface area contributed by atoms with Crippen molar-refractivity contribution in [3.63, 3.8) is 0 Å². The van der Waals surface area contributed by atoms with E-state index in [0.717, 1.165) is 0 Å². The molecule has 25 heavy (non-hydrogen) atoms. The fourth-order valence-corrected chi connectivity index (χ4v) is 2.84. The van der Waals surface area contributed by atoms with E-state index >= 15 is 0 Å². The molecule has 0 aliphatic heterocycles. The fourth-order valence-electron chi connectivity index (χ4n) is 2.84. The highest BCUT2D eigenvalue weighted by atomic mass is 16.5. The summed E-state index contributed by atoms with van der Waals surface area (Å²) >= 11 is 0. The van der Waals surface area contributed by atoms with E-state index in [-0.39, 0.29) is 11.8 Å². The van der Waals surface area contributed by atoms with Crippen molar-refractivity contribution in [1.82, 2.24) is 15.5 Å². The van der Waals surface area contributed by atoms with Crippen LogP contribution in [0, 0.1) is 11.8 Å². The highest BCUT2D eigenvalue weighted by Gasteiger charge is 2.41. The van der Waals surface area contributed by atoms with Crippen LogP contribution in [-0.4, -0.2) is 34.2 Å². The fraction of sp³-hybridized carbons (Fsp3) is 0.412. The van der Waals surface area contributed by atoms with Crippen LogP contribution in [0.3, 0.4) is 0 Å². The van der Waals surface area contributed by atoms with Crippen LogP contribution in [0.5, 0.6) is 5.75 Å². The average Bonchev–Trinajstić information content (AvgIpc) is 3.03. The largest absolute Gasteiger partial charge is 0.496 e. The molecular formula is C17H19N3O5. The molecule has 0 saturated heterocycles. The Hall–Kier alpha value is -2.90. The summed E-state index contributed by atoms with van der Waals surface area (Å²) in [5, 5.41) is 15.7. The zero-order valence-corrected chi connectivity index (χ0v) is 13.9. The van der Waals surface area contributed by atoms with Gasteiger partial charge < -0.3 is 19.7 Å². The smallest absolute Gasteiger partial charge is 0.307 e. The van der Waals surface area contributed by atoms with Crippen LogP contribution in [0.4, 0.5) is 0 Å².